The molecule has 0 amide bonds. The van der Waals surface area contributed by atoms with Crippen LogP contribution in [-0.4, -0.2) is 4.98 Å². The molecule has 1 heteroatoms. The van der Waals surface area contributed by atoms with E-state index < -0.39 is 0 Å². The molecule has 1 N–H and O–H groups in total. The topological polar surface area (TPSA) is 15.8 Å². The van der Waals surface area contributed by atoms with Gasteiger partial charge in [0.25, 0.3) is 0 Å². The van der Waals surface area contributed by atoms with Gasteiger partial charge in [-0.1, -0.05) is 0 Å². The molecule has 0 radical (unpaired) electrons. The number of hydrogen-bond donors (Lipinski definition) is 1. The zero-order chi connectivity index (χ0) is 3.54. The van der Waals surface area contributed by atoms with Crippen LogP contribution in [0, 0.1) is 24.5 Å². The number of hydrogen-bond acceptors (Lipinski definition) is 0. The maximum absolute atomic E-state index is 2.50. The first-order valence-electron chi connectivity index (χ1n) is 1.25. The minimum atomic E-state index is 2.50. The third-order valence-corrected chi connectivity index (χ3v) is 0.312. The highest BCUT2D eigenvalue weighted by molar-refractivity contribution is 4.53. The molecule has 0 saturated heterocycles. The van der Waals surface area contributed by atoms with Gasteiger partial charge < -0.3 is 0 Å². The van der Waals surface area contributed by atoms with Crippen molar-refractivity contribution < 1.29 is 0 Å². The van der Waals surface area contributed by atoms with Crippen LogP contribution in [0.5, 0.6) is 0 Å². The summed E-state index contributed by atoms with van der Waals surface area (Å²) in [5.74, 6) is 0. The molecule has 0 atom stereocenters. The summed E-state index contributed by atoms with van der Waals surface area (Å²) in [6.45, 7) is 0. The summed E-state index contributed by atoms with van der Waals surface area (Å²) in [7, 11) is 0. The van der Waals surface area contributed by atoms with Gasteiger partial charge in [0.05, 0.1) is 0 Å². The predicted octanol–water partition coefficient (Wildman–Crippen LogP) is 0.215. The second-order valence-electron chi connectivity index (χ2n) is 0.625. The van der Waals surface area contributed by atoms with E-state index in [2.05, 4.69) is 29.5 Å². The Labute approximate surface area is 30.6 Å². The molecule has 22 valence electrons. The number of H-pyrrole nitrogens is 1. The molecule has 0 fully saturated rings. The van der Waals surface area contributed by atoms with Crippen LogP contribution in [0.3, 0.4) is 0 Å². The highest BCUT2D eigenvalue weighted by Crippen LogP contribution is 1.45. The van der Waals surface area contributed by atoms with Crippen LogP contribution < -0.4 is 0 Å². The molecule has 0 spiro atoms. The van der Waals surface area contributed by atoms with E-state index in [1.54, 1.807) is 0 Å². The molecule has 0 aliphatic heterocycles. The van der Waals surface area contributed by atoms with Crippen LogP contribution in [0.2, 0.25) is 0 Å². The average Bonchev–Trinajstić information content (AvgIpc) is 1.76. The summed E-state index contributed by atoms with van der Waals surface area (Å²) < 4.78 is 0. The van der Waals surface area contributed by atoms with Crippen LogP contribution in [-0.2, 0) is 0 Å². The first-order valence-corrected chi connectivity index (χ1v) is 1.25. The van der Waals surface area contributed by atoms with Gasteiger partial charge in [0.1, 0.15) is 0 Å². The van der Waals surface area contributed by atoms with Crippen LogP contribution in [0.15, 0.2) is 0 Å². The van der Waals surface area contributed by atoms with Crippen molar-refractivity contribution in [3.63, 3.8) is 0 Å². The van der Waals surface area contributed by atoms with Gasteiger partial charge in [0, 0.05) is 24.5 Å². The number of rotatable bonds is 0. The second kappa shape index (κ2) is 0.701. The lowest BCUT2D eigenvalue weighted by Gasteiger charge is -1.35. The molecule has 0 bridgehead atoms. The number of nitrogens with one attached hydrogen (secondary N) is 1. The molecule has 1 aromatic heterocycles. The lowest BCUT2D eigenvalue weighted by molar-refractivity contribution is 1.42. The van der Waals surface area contributed by atoms with Gasteiger partial charge in [-0.05, 0) is 0 Å². The minimum Gasteiger partial charge on any atom is -0.272 e. The maximum Gasteiger partial charge on any atom is 0.0316 e. The van der Waals surface area contributed by atoms with E-state index >= 15 is 0 Å². The Hall–Kier alpha value is -1.08. The first-order chi connectivity index (χ1) is 2.50. The van der Waals surface area contributed by atoms with Crippen molar-refractivity contribution in [3.05, 3.63) is 24.5 Å². The molecule has 1 rings (SSSR count). The summed E-state index contributed by atoms with van der Waals surface area (Å²) in [5.41, 5.74) is 0. The molecular weight excluding hydrogens is 62.1 g/mol. The lowest BCUT2D eigenvalue weighted by atomic mass is 10.9. The largest absolute Gasteiger partial charge is 0.272 e. The van der Waals surface area contributed by atoms with E-state index in [1.165, 1.54) is 0 Å². The quantitative estimate of drug-likeness (QED) is 0.443. The molecular formula is C4HN. The van der Waals surface area contributed by atoms with Gasteiger partial charge in [0.15, 0.2) is 0 Å². The SMILES string of the molecule is c1c#c[nH]c#1. The predicted molar refractivity (Wildman–Crippen MR) is 16.1 cm³/mol. The van der Waals surface area contributed by atoms with E-state index in [9.17, 15) is 0 Å². The van der Waals surface area contributed by atoms with Crippen LogP contribution in [0.25, 0.3) is 0 Å². The van der Waals surface area contributed by atoms with Gasteiger partial charge in [0.2, 0.25) is 0 Å². The van der Waals surface area contributed by atoms with Crippen LogP contribution in [0.4, 0.5) is 0 Å². The zero-order valence-electron chi connectivity index (χ0n) is 2.50. The van der Waals surface area contributed by atoms with Crippen LogP contribution >= 0.6 is 0 Å². The van der Waals surface area contributed by atoms with Crippen LogP contribution in [0.1, 0.15) is 0 Å². The second-order valence-corrected chi connectivity index (χ2v) is 0.625. The Morgan fingerprint density at radius 3 is 1.80 bits per heavy atom. The van der Waals surface area contributed by atoms with E-state index in [0.717, 1.165) is 0 Å². The molecule has 0 aromatic carbocycles. The highest BCUT2D eigenvalue weighted by atomic mass is 14.6. The molecule has 1 nitrogen and oxygen atoms in total. The molecule has 5 heavy (non-hydrogen) atoms. The van der Waals surface area contributed by atoms with Crippen molar-refractivity contribution in [1.29, 1.82) is 0 Å². The van der Waals surface area contributed by atoms with Crippen molar-refractivity contribution in [2.24, 2.45) is 0 Å². The van der Waals surface area contributed by atoms with Gasteiger partial charge in [-0.25, -0.2) is 0 Å². The van der Waals surface area contributed by atoms with Gasteiger partial charge >= 0.3 is 0 Å². The van der Waals surface area contributed by atoms with Crippen molar-refractivity contribution in [3.8, 4) is 0 Å². The summed E-state index contributed by atoms with van der Waals surface area (Å²) in [6, 6.07) is 5.00. The lowest BCUT2D eigenvalue weighted by Crippen LogP contribution is -1.36. The Kier molecular flexibility index (Phi) is 0.305. The van der Waals surface area contributed by atoms with E-state index in [4.69, 9.17) is 0 Å². The fraction of sp³-hybridized carbons (Fsp3) is 0. The molecule has 0 unspecified atom stereocenters. The summed E-state index contributed by atoms with van der Waals surface area (Å²) in [4.78, 5) is 2.50. The van der Waals surface area contributed by atoms with Gasteiger partial charge in [-0.3, -0.25) is 4.98 Å². The molecule has 1 heterocycles. The van der Waals surface area contributed by atoms with Crippen molar-refractivity contribution in [2.75, 3.05) is 0 Å². The Morgan fingerprint density at radius 2 is 1.60 bits per heavy atom. The third kappa shape index (κ3) is 0.161. The third-order valence-electron chi connectivity index (χ3n) is 0.312. The smallest absolute Gasteiger partial charge is 0.0316 e. The standard InChI is InChI=1S/C4HN/c1-2-4-5-3-1/h5H. The number of aromatic nitrogens is 1. The fourth-order valence-electron chi connectivity index (χ4n) is 0.156. The normalized spacial score (nSPS) is 4.80. The highest BCUT2D eigenvalue weighted by Gasteiger charge is 1.41. The monoisotopic (exact) mass is 63.0 g/mol. The van der Waals surface area contributed by atoms with Crippen molar-refractivity contribution >= 4 is 0 Å². The first kappa shape index (κ1) is 2.18. The van der Waals surface area contributed by atoms with Gasteiger partial charge in [-0.2, -0.15) is 0 Å². The van der Waals surface area contributed by atoms with E-state index in [-0.39, 0.29) is 0 Å². The minimum absolute atomic E-state index is 2.50. The maximum atomic E-state index is 2.50. The average molecular weight is 63.1 g/mol. The Bertz CT molecular complexity index is 60.1. The summed E-state index contributed by atoms with van der Waals surface area (Å²) in [5, 5.41) is 0. The fourth-order valence-corrected chi connectivity index (χ4v) is 0.156. The Balaban J connectivity index is 3.13. The van der Waals surface area contributed by atoms with E-state index in [0.29, 0.717) is 0 Å². The Morgan fingerprint density at radius 1 is 1.00 bits per heavy atom. The van der Waals surface area contributed by atoms with Gasteiger partial charge in [-0.15, -0.1) is 0 Å². The molecule has 0 aliphatic carbocycles. The molecule has 0 saturated carbocycles. The van der Waals surface area contributed by atoms with E-state index in [1.807, 2.05) is 0 Å². The molecule has 1 aromatic rings. The van der Waals surface area contributed by atoms with Crippen molar-refractivity contribution in [2.45, 2.75) is 0 Å². The van der Waals surface area contributed by atoms with Crippen molar-refractivity contribution in [1.82, 2.24) is 4.98 Å². The number of aromatic amines is 1. The molecule has 0 aliphatic rings. The zero-order valence-corrected chi connectivity index (χ0v) is 2.50. The summed E-state index contributed by atoms with van der Waals surface area (Å²) in [6.07, 6.45) is 5.00. The summed E-state index contributed by atoms with van der Waals surface area (Å²) >= 11 is 0.